The monoisotopic (exact) mass is 166 g/mol. The van der Waals surface area contributed by atoms with Crippen LogP contribution < -0.4 is 0 Å². The molecule has 66 valence electrons. The maximum atomic E-state index is 11.3. The third-order valence-corrected chi connectivity index (χ3v) is 2.97. The van der Waals surface area contributed by atoms with Crippen LogP contribution in [0.4, 0.5) is 0 Å². The smallest absolute Gasteiger partial charge is 0.313 e. The van der Waals surface area contributed by atoms with Gasteiger partial charge in [-0.25, -0.2) is 0 Å². The van der Waals surface area contributed by atoms with Crippen molar-refractivity contribution in [2.75, 3.05) is 0 Å². The van der Waals surface area contributed by atoms with E-state index in [1.807, 2.05) is 6.92 Å². The third kappa shape index (κ3) is 1.06. The molecular weight excluding hydrogens is 152 g/mol. The quantitative estimate of drug-likeness (QED) is 0.406. The van der Waals surface area contributed by atoms with Gasteiger partial charge in [0.1, 0.15) is 6.10 Å². The van der Waals surface area contributed by atoms with Gasteiger partial charge in [0.2, 0.25) is 0 Å². The second-order valence-electron chi connectivity index (χ2n) is 3.88. The fraction of sp³-hybridized carbons (Fsp3) is 0.700. The van der Waals surface area contributed by atoms with Crippen LogP contribution in [0.2, 0.25) is 0 Å². The summed E-state index contributed by atoms with van der Waals surface area (Å²) in [4.78, 5) is 11.3. The van der Waals surface area contributed by atoms with Crippen LogP contribution in [0.1, 0.15) is 26.7 Å². The van der Waals surface area contributed by atoms with Crippen molar-refractivity contribution in [3.63, 3.8) is 0 Å². The molecule has 2 rings (SSSR count). The van der Waals surface area contributed by atoms with Gasteiger partial charge in [-0.05, 0) is 26.7 Å². The molecule has 12 heavy (non-hydrogen) atoms. The number of esters is 1. The zero-order valence-corrected chi connectivity index (χ0v) is 7.54. The van der Waals surface area contributed by atoms with Gasteiger partial charge in [0.25, 0.3) is 0 Å². The lowest BCUT2D eigenvalue weighted by Crippen LogP contribution is -2.20. The van der Waals surface area contributed by atoms with Crippen molar-refractivity contribution in [2.24, 2.45) is 11.8 Å². The second-order valence-corrected chi connectivity index (χ2v) is 3.88. The molecule has 2 heteroatoms. The van der Waals surface area contributed by atoms with Crippen molar-refractivity contribution in [1.29, 1.82) is 0 Å². The highest BCUT2D eigenvalue weighted by Crippen LogP contribution is 2.37. The Morgan fingerprint density at radius 3 is 3.08 bits per heavy atom. The highest BCUT2D eigenvalue weighted by atomic mass is 16.6. The highest BCUT2D eigenvalue weighted by molar-refractivity contribution is 5.77. The Bertz CT molecular complexity index is 242. The predicted molar refractivity (Wildman–Crippen MR) is 45.5 cm³/mol. The normalized spacial score (nSPS) is 40.3. The second kappa shape index (κ2) is 2.61. The average molecular weight is 166 g/mol. The first-order valence-electron chi connectivity index (χ1n) is 4.56. The molecule has 2 nitrogen and oxygen atoms in total. The fourth-order valence-corrected chi connectivity index (χ4v) is 2.21. The average Bonchev–Trinajstić information content (AvgIpc) is 2.28. The first-order valence-corrected chi connectivity index (χ1v) is 4.56. The zero-order valence-electron chi connectivity index (χ0n) is 7.54. The Morgan fingerprint density at radius 2 is 2.33 bits per heavy atom. The number of allylic oxidation sites excluding steroid dienone is 1. The van der Waals surface area contributed by atoms with Crippen LogP contribution in [0.5, 0.6) is 0 Å². The predicted octanol–water partition coefficient (Wildman–Crippen LogP) is 1.90. The Hall–Kier alpha value is -0.790. The number of rotatable bonds is 0. The largest absolute Gasteiger partial charge is 0.462 e. The Labute approximate surface area is 72.6 Å². The van der Waals surface area contributed by atoms with E-state index in [1.54, 1.807) is 0 Å². The van der Waals surface area contributed by atoms with Gasteiger partial charge in [-0.3, -0.25) is 4.79 Å². The van der Waals surface area contributed by atoms with E-state index < -0.39 is 0 Å². The number of ether oxygens (including phenoxy) is 1. The van der Waals surface area contributed by atoms with Gasteiger partial charge in [-0.2, -0.15) is 0 Å². The maximum absolute atomic E-state index is 11.3. The Kier molecular flexibility index (Phi) is 1.71. The lowest BCUT2D eigenvalue weighted by atomic mass is 9.80. The molecule has 3 atom stereocenters. The Morgan fingerprint density at radius 1 is 1.58 bits per heavy atom. The molecule has 0 spiro atoms. The van der Waals surface area contributed by atoms with E-state index in [9.17, 15) is 4.79 Å². The third-order valence-electron chi connectivity index (χ3n) is 2.97. The summed E-state index contributed by atoms with van der Waals surface area (Å²) in [5, 5.41) is 0. The molecule has 2 aliphatic rings. The summed E-state index contributed by atoms with van der Waals surface area (Å²) < 4.78 is 5.17. The molecule has 0 bridgehead atoms. The van der Waals surface area contributed by atoms with Gasteiger partial charge in [-0.1, -0.05) is 11.6 Å². The fourth-order valence-electron chi connectivity index (χ4n) is 2.21. The molecule has 1 aliphatic heterocycles. The summed E-state index contributed by atoms with van der Waals surface area (Å²) in [5.74, 6) is 0.487. The van der Waals surface area contributed by atoms with E-state index in [2.05, 4.69) is 13.0 Å². The Balaban J connectivity index is 2.26. The van der Waals surface area contributed by atoms with Crippen LogP contribution in [-0.4, -0.2) is 12.1 Å². The SMILES string of the molecule is CC1=CC2C(=O)OC(C)C2CC1. The first-order chi connectivity index (χ1) is 5.68. The van der Waals surface area contributed by atoms with Crippen molar-refractivity contribution in [1.82, 2.24) is 0 Å². The van der Waals surface area contributed by atoms with E-state index >= 15 is 0 Å². The van der Waals surface area contributed by atoms with Crippen molar-refractivity contribution >= 4 is 5.97 Å². The number of hydrogen-bond acceptors (Lipinski definition) is 2. The van der Waals surface area contributed by atoms with E-state index in [1.165, 1.54) is 5.57 Å². The number of hydrogen-bond donors (Lipinski definition) is 0. The van der Waals surface area contributed by atoms with E-state index in [0.717, 1.165) is 12.8 Å². The standard InChI is InChI=1S/C10H14O2/c1-6-3-4-8-7(2)12-10(11)9(8)5-6/h5,7-9H,3-4H2,1-2H3. The molecule has 1 heterocycles. The summed E-state index contributed by atoms with van der Waals surface area (Å²) in [6, 6.07) is 0. The van der Waals surface area contributed by atoms with Crippen molar-refractivity contribution in [3.05, 3.63) is 11.6 Å². The van der Waals surface area contributed by atoms with Gasteiger partial charge in [-0.15, -0.1) is 0 Å². The highest BCUT2D eigenvalue weighted by Gasteiger charge is 2.42. The zero-order chi connectivity index (χ0) is 8.72. The summed E-state index contributed by atoms with van der Waals surface area (Å²) in [7, 11) is 0. The number of fused-ring (bicyclic) bond motifs is 1. The number of carbonyl (C=O) groups is 1. The lowest BCUT2D eigenvalue weighted by Gasteiger charge is -2.21. The summed E-state index contributed by atoms with van der Waals surface area (Å²) in [5.41, 5.74) is 1.34. The molecular formula is C10H14O2. The minimum Gasteiger partial charge on any atom is -0.462 e. The van der Waals surface area contributed by atoms with E-state index in [0.29, 0.717) is 5.92 Å². The topological polar surface area (TPSA) is 26.3 Å². The lowest BCUT2D eigenvalue weighted by molar-refractivity contribution is -0.142. The molecule has 1 saturated heterocycles. The van der Waals surface area contributed by atoms with Gasteiger partial charge in [0.15, 0.2) is 0 Å². The van der Waals surface area contributed by atoms with E-state index in [-0.39, 0.29) is 18.0 Å². The molecule has 1 fully saturated rings. The molecule has 0 aromatic rings. The summed E-state index contributed by atoms with van der Waals surface area (Å²) >= 11 is 0. The molecule has 0 radical (unpaired) electrons. The summed E-state index contributed by atoms with van der Waals surface area (Å²) in [6.45, 7) is 4.09. The molecule has 0 N–H and O–H groups in total. The van der Waals surface area contributed by atoms with Crippen molar-refractivity contribution in [3.8, 4) is 0 Å². The van der Waals surface area contributed by atoms with E-state index in [4.69, 9.17) is 4.74 Å². The van der Waals surface area contributed by atoms with Crippen LogP contribution in [0.15, 0.2) is 11.6 Å². The minimum atomic E-state index is -0.0217. The van der Waals surface area contributed by atoms with Gasteiger partial charge in [0.05, 0.1) is 5.92 Å². The first kappa shape index (κ1) is 7.84. The van der Waals surface area contributed by atoms with Gasteiger partial charge in [0, 0.05) is 5.92 Å². The molecule has 0 saturated carbocycles. The van der Waals surface area contributed by atoms with Gasteiger partial charge >= 0.3 is 5.97 Å². The van der Waals surface area contributed by atoms with Crippen LogP contribution in [0.3, 0.4) is 0 Å². The molecule has 0 aromatic carbocycles. The maximum Gasteiger partial charge on any atom is 0.313 e. The molecule has 1 aliphatic carbocycles. The van der Waals surface area contributed by atoms with Gasteiger partial charge < -0.3 is 4.74 Å². The summed E-state index contributed by atoms with van der Waals surface area (Å²) in [6.07, 6.45) is 4.45. The van der Waals surface area contributed by atoms with Crippen molar-refractivity contribution in [2.45, 2.75) is 32.8 Å². The minimum absolute atomic E-state index is 0.0217. The molecule has 3 unspecified atom stereocenters. The van der Waals surface area contributed by atoms with Crippen LogP contribution >= 0.6 is 0 Å². The number of carbonyl (C=O) groups excluding carboxylic acids is 1. The number of cyclic esters (lactones) is 1. The molecule has 0 amide bonds. The van der Waals surface area contributed by atoms with Crippen LogP contribution in [-0.2, 0) is 9.53 Å². The van der Waals surface area contributed by atoms with Crippen LogP contribution in [0.25, 0.3) is 0 Å². The van der Waals surface area contributed by atoms with Crippen LogP contribution in [0, 0.1) is 11.8 Å². The van der Waals surface area contributed by atoms with Crippen molar-refractivity contribution < 1.29 is 9.53 Å². The molecule has 0 aromatic heterocycles.